The molecule has 0 radical (unpaired) electrons. The molecule has 0 saturated heterocycles. The monoisotopic (exact) mass is 228 g/mol. The fourth-order valence-corrected chi connectivity index (χ4v) is 1.80. The fraction of sp³-hybridized carbons (Fsp3) is 0.600. The fourth-order valence-electron chi connectivity index (χ4n) is 1.11. The molecule has 5 heteroatoms. The number of aliphatic hydroxyl groups is 1. The maximum absolute atomic E-state index is 11.5. The van der Waals surface area contributed by atoms with Crippen LogP contribution in [0, 0.1) is 6.92 Å². The summed E-state index contributed by atoms with van der Waals surface area (Å²) < 4.78 is 0. The summed E-state index contributed by atoms with van der Waals surface area (Å²) in [6.45, 7) is 4.28. The molecule has 0 aliphatic heterocycles. The molecule has 0 aliphatic carbocycles. The number of rotatable bonds is 5. The highest BCUT2D eigenvalue weighted by molar-refractivity contribution is 7.13. The zero-order valence-corrected chi connectivity index (χ0v) is 9.80. The summed E-state index contributed by atoms with van der Waals surface area (Å²) in [6, 6.07) is 0. The number of hydrogen-bond acceptors (Lipinski definition) is 4. The third-order valence-electron chi connectivity index (χ3n) is 2.08. The van der Waals surface area contributed by atoms with Crippen molar-refractivity contribution >= 4 is 17.2 Å². The summed E-state index contributed by atoms with van der Waals surface area (Å²) in [5.41, 5.74) is 0. The summed E-state index contributed by atoms with van der Waals surface area (Å²) in [5, 5.41) is 12.9. The third kappa shape index (κ3) is 3.97. The molecule has 84 valence electrons. The molecule has 1 aromatic rings. The second kappa shape index (κ2) is 5.82. The van der Waals surface area contributed by atoms with Gasteiger partial charge in [-0.15, -0.1) is 11.3 Å². The van der Waals surface area contributed by atoms with Gasteiger partial charge in [0.25, 0.3) is 5.91 Å². The van der Waals surface area contributed by atoms with Crippen molar-refractivity contribution in [1.29, 1.82) is 0 Å². The van der Waals surface area contributed by atoms with E-state index in [4.69, 9.17) is 0 Å². The number of aryl methyl sites for hydroxylation is 1. The topological polar surface area (TPSA) is 62.2 Å². The van der Waals surface area contributed by atoms with Gasteiger partial charge in [0, 0.05) is 6.54 Å². The smallest absolute Gasteiger partial charge is 0.263 e. The number of carbonyl (C=O) groups excluding carboxylic acids is 1. The second-order valence-electron chi connectivity index (χ2n) is 3.35. The predicted octanol–water partition coefficient (Wildman–Crippen LogP) is 1.34. The number of hydrogen-bond donors (Lipinski definition) is 2. The van der Waals surface area contributed by atoms with Crippen LogP contribution in [0.3, 0.4) is 0 Å². The zero-order valence-electron chi connectivity index (χ0n) is 8.99. The third-order valence-corrected chi connectivity index (χ3v) is 2.99. The standard InChI is InChI=1S/C10H16N2O2S/c1-3-8(13)4-5-11-10(14)9-6-12-7(2)15-9/h6,8,13H,3-5H2,1-2H3,(H,11,14). The number of aliphatic hydroxyl groups excluding tert-OH is 1. The SMILES string of the molecule is CCC(O)CCNC(=O)c1cnc(C)s1. The quantitative estimate of drug-likeness (QED) is 0.799. The molecule has 1 rings (SSSR count). The van der Waals surface area contributed by atoms with Gasteiger partial charge in [0.15, 0.2) is 0 Å². The minimum Gasteiger partial charge on any atom is -0.393 e. The maximum atomic E-state index is 11.5. The average Bonchev–Trinajstić information content (AvgIpc) is 2.64. The highest BCUT2D eigenvalue weighted by atomic mass is 32.1. The first-order chi connectivity index (χ1) is 7.13. The molecule has 1 heterocycles. The zero-order chi connectivity index (χ0) is 11.3. The van der Waals surface area contributed by atoms with E-state index in [0.717, 1.165) is 11.4 Å². The molecular weight excluding hydrogens is 212 g/mol. The van der Waals surface area contributed by atoms with Gasteiger partial charge < -0.3 is 10.4 Å². The first-order valence-electron chi connectivity index (χ1n) is 5.02. The Bertz CT molecular complexity index is 325. The van der Waals surface area contributed by atoms with Crippen LogP contribution in [-0.2, 0) is 0 Å². The van der Waals surface area contributed by atoms with Gasteiger partial charge in [-0.1, -0.05) is 6.92 Å². The summed E-state index contributed by atoms with van der Waals surface area (Å²) in [4.78, 5) is 16.1. The summed E-state index contributed by atoms with van der Waals surface area (Å²) >= 11 is 1.37. The lowest BCUT2D eigenvalue weighted by molar-refractivity contribution is 0.0946. The summed E-state index contributed by atoms with van der Waals surface area (Å²) in [7, 11) is 0. The van der Waals surface area contributed by atoms with Crippen LogP contribution in [0.1, 0.15) is 34.4 Å². The van der Waals surface area contributed by atoms with E-state index in [-0.39, 0.29) is 12.0 Å². The molecule has 1 atom stereocenters. The lowest BCUT2D eigenvalue weighted by Crippen LogP contribution is -2.26. The van der Waals surface area contributed by atoms with E-state index in [9.17, 15) is 9.90 Å². The van der Waals surface area contributed by atoms with Crippen LogP contribution in [0.5, 0.6) is 0 Å². The Morgan fingerprint density at radius 3 is 3.00 bits per heavy atom. The minimum atomic E-state index is -0.325. The Kier molecular flexibility index (Phi) is 4.71. The number of amides is 1. The first kappa shape index (κ1) is 12.1. The van der Waals surface area contributed by atoms with Gasteiger partial charge >= 0.3 is 0 Å². The molecule has 0 fully saturated rings. The molecular formula is C10H16N2O2S. The Labute approximate surface area is 93.4 Å². The lowest BCUT2D eigenvalue weighted by Gasteiger charge is -2.07. The molecule has 2 N–H and O–H groups in total. The molecule has 0 spiro atoms. The second-order valence-corrected chi connectivity index (χ2v) is 4.58. The highest BCUT2D eigenvalue weighted by Crippen LogP contribution is 2.10. The number of nitrogens with one attached hydrogen (secondary N) is 1. The normalized spacial score (nSPS) is 12.5. The van der Waals surface area contributed by atoms with Gasteiger partial charge in [-0.2, -0.15) is 0 Å². The van der Waals surface area contributed by atoms with Crippen LogP contribution >= 0.6 is 11.3 Å². The van der Waals surface area contributed by atoms with Crippen molar-refractivity contribution < 1.29 is 9.90 Å². The molecule has 1 aromatic heterocycles. The van der Waals surface area contributed by atoms with Gasteiger partial charge in [-0.05, 0) is 19.8 Å². The van der Waals surface area contributed by atoms with Crippen molar-refractivity contribution in [3.63, 3.8) is 0 Å². The van der Waals surface area contributed by atoms with E-state index < -0.39 is 0 Å². The average molecular weight is 228 g/mol. The van der Waals surface area contributed by atoms with Crippen LogP contribution in [0.15, 0.2) is 6.20 Å². The van der Waals surface area contributed by atoms with E-state index in [2.05, 4.69) is 10.3 Å². The lowest BCUT2D eigenvalue weighted by atomic mass is 10.2. The van der Waals surface area contributed by atoms with Gasteiger partial charge in [0.1, 0.15) is 4.88 Å². The number of aromatic nitrogens is 1. The van der Waals surface area contributed by atoms with Crippen LogP contribution in [0.4, 0.5) is 0 Å². The van der Waals surface area contributed by atoms with E-state index in [1.165, 1.54) is 11.3 Å². The van der Waals surface area contributed by atoms with E-state index in [1.807, 2.05) is 13.8 Å². The van der Waals surface area contributed by atoms with Crippen LogP contribution in [0.2, 0.25) is 0 Å². The Balaban J connectivity index is 2.31. The molecule has 1 amide bonds. The molecule has 1 unspecified atom stereocenters. The maximum Gasteiger partial charge on any atom is 0.263 e. The first-order valence-corrected chi connectivity index (χ1v) is 5.83. The van der Waals surface area contributed by atoms with Gasteiger partial charge in [-0.3, -0.25) is 4.79 Å². The van der Waals surface area contributed by atoms with Crippen molar-refractivity contribution in [2.24, 2.45) is 0 Å². The van der Waals surface area contributed by atoms with Crippen molar-refractivity contribution in [3.05, 3.63) is 16.1 Å². The summed E-state index contributed by atoms with van der Waals surface area (Å²) in [5.74, 6) is -0.107. The van der Waals surface area contributed by atoms with Crippen LogP contribution in [0.25, 0.3) is 0 Å². The van der Waals surface area contributed by atoms with E-state index in [0.29, 0.717) is 17.8 Å². The molecule has 0 saturated carbocycles. The molecule has 4 nitrogen and oxygen atoms in total. The molecule has 0 aromatic carbocycles. The van der Waals surface area contributed by atoms with Gasteiger partial charge in [0.2, 0.25) is 0 Å². The number of carbonyl (C=O) groups is 1. The van der Waals surface area contributed by atoms with Crippen LogP contribution < -0.4 is 5.32 Å². The van der Waals surface area contributed by atoms with Gasteiger partial charge in [0.05, 0.1) is 17.3 Å². The molecule has 0 bridgehead atoms. The Morgan fingerprint density at radius 2 is 2.47 bits per heavy atom. The van der Waals surface area contributed by atoms with Crippen molar-refractivity contribution in [2.75, 3.05) is 6.54 Å². The van der Waals surface area contributed by atoms with E-state index in [1.54, 1.807) is 6.20 Å². The number of thiazole rings is 1. The largest absolute Gasteiger partial charge is 0.393 e. The molecule has 0 aliphatic rings. The Morgan fingerprint density at radius 1 is 1.73 bits per heavy atom. The number of nitrogens with zero attached hydrogens (tertiary/aromatic N) is 1. The predicted molar refractivity (Wildman–Crippen MR) is 60.1 cm³/mol. The highest BCUT2D eigenvalue weighted by Gasteiger charge is 2.08. The van der Waals surface area contributed by atoms with Crippen molar-refractivity contribution in [3.8, 4) is 0 Å². The van der Waals surface area contributed by atoms with Crippen LogP contribution in [-0.4, -0.2) is 28.6 Å². The van der Waals surface area contributed by atoms with Gasteiger partial charge in [-0.25, -0.2) is 4.98 Å². The van der Waals surface area contributed by atoms with Crippen molar-refractivity contribution in [1.82, 2.24) is 10.3 Å². The minimum absolute atomic E-state index is 0.107. The van der Waals surface area contributed by atoms with Crippen molar-refractivity contribution in [2.45, 2.75) is 32.8 Å². The molecule has 15 heavy (non-hydrogen) atoms. The Hall–Kier alpha value is -0.940. The van der Waals surface area contributed by atoms with E-state index >= 15 is 0 Å². The summed E-state index contributed by atoms with van der Waals surface area (Å²) in [6.07, 6.45) is 2.56.